The average Bonchev–Trinajstić information content (AvgIpc) is 2.41. The van der Waals surface area contributed by atoms with E-state index in [1.54, 1.807) is 18.5 Å². The number of aromatic nitrogens is 2. The fourth-order valence-corrected chi connectivity index (χ4v) is 2.09. The highest BCUT2D eigenvalue weighted by Crippen LogP contribution is 2.14. The maximum Gasteiger partial charge on any atom is 0.172 e. The summed E-state index contributed by atoms with van der Waals surface area (Å²) in [6, 6.07) is 6.50. The Labute approximate surface area is 130 Å². The Hall–Kier alpha value is -1.60. The van der Waals surface area contributed by atoms with E-state index >= 15 is 0 Å². The first-order chi connectivity index (χ1) is 9.65. The Bertz CT molecular complexity index is 608. The molecule has 0 spiro atoms. The topological polar surface area (TPSA) is 49.8 Å². The van der Waals surface area contributed by atoms with Crippen molar-refractivity contribution in [1.29, 1.82) is 0 Å². The molecule has 4 nitrogen and oxygen atoms in total. The highest BCUT2D eigenvalue weighted by molar-refractivity contribution is 9.10. The summed E-state index contributed by atoms with van der Waals surface area (Å²) in [5.41, 5.74) is 0.918. The van der Waals surface area contributed by atoms with E-state index in [1.807, 2.05) is 6.07 Å². The molecule has 1 aromatic carbocycles. The minimum Gasteiger partial charge on any atom is -0.362 e. The van der Waals surface area contributed by atoms with Crippen molar-refractivity contribution in [2.45, 2.75) is 6.42 Å². The number of benzene rings is 1. The van der Waals surface area contributed by atoms with Crippen molar-refractivity contribution in [3.05, 3.63) is 52.6 Å². The number of rotatable bonds is 4. The number of anilines is 1. The van der Waals surface area contributed by atoms with Gasteiger partial charge in [-0.1, -0.05) is 12.1 Å². The fraction of sp³-hybridized carbons (Fsp3) is 0.154. The van der Waals surface area contributed by atoms with Gasteiger partial charge in [0.05, 0.1) is 0 Å². The zero-order chi connectivity index (χ0) is 14.4. The molecule has 0 saturated heterocycles. The van der Waals surface area contributed by atoms with Gasteiger partial charge in [0.2, 0.25) is 0 Å². The van der Waals surface area contributed by atoms with Gasteiger partial charge in [0.1, 0.15) is 10.4 Å². The van der Waals surface area contributed by atoms with E-state index in [-0.39, 0.29) is 5.82 Å². The summed E-state index contributed by atoms with van der Waals surface area (Å²) in [5.74, 6) is 0.322. The third-order valence-corrected chi connectivity index (χ3v) is 3.30. The molecule has 0 aliphatic heterocycles. The van der Waals surface area contributed by atoms with Crippen molar-refractivity contribution in [2.75, 3.05) is 11.9 Å². The first kappa shape index (κ1) is 14.8. The number of hydrogen-bond donors (Lipinski definition) is 2. The third kappa shape index (κ3) is 4.50. The summed E-state index contributed by atoms with van der Waals surface area (Å²) in [6.07, 6.45) is 3.83. The van der Waals surface area contributed by atoms with Gasteiger partial charge in [-0.25, -0.2) is 14.4 Å². The van der Waals surface area contributed by atoms with Crippen molar-refractivity contribution < 1.29 is 4.39 Å². The number of nitrogens with zero attached hydrogens (tertiary/aromatic N) is 2. The van der Waals surface area contributed by atoms with Crippen LogP contribution in [0.25, 0.3) is 0 Å². The quantitative estimate of drug-likeness (QED) is 0.826. The molecule has 1 aromatic heterocycles. The van der Waals surface area contributed by atoms with Gasteiger partial charge >= 0.3 is 0 Å². The van der Waals surface area contributed by atoms with Gasteiger partial charge < -0.3 is 10.6 Å². The maximum absolute atomic E-state index is 13.0. The predicted octanol–water partition coefficient (Wildman–Crippen LogP) is 2.91. The molecule has 0 bridgehead atoms. The van der Waals surface area contributed by atoms with Gasteiger partial charge in [0.15, 0.2) is 10.9 Å². The largest absolute Gasteiger partial charge is 0.362 e. The minimum absolute atomic E-state index is 0.230. The van der Waals surface area contributed by atoms with E-state index in [0.717, 1.165) is 5.56 Å². The van der Waals surface area contributed by atoms with Crippen LogP contribution in [0.1, 0.15) is 5.56 Å². The lowest BCUT2D eigenvalue weighted by Crippen LogP contribution is -2.30. The zero-order valence-electron chi connectivity index (χ0n) is 10.4. The Kier molecular flexibility index (Phi) is 5.37. The molecule has 1 heterocycles. The van der Waals surface area contributed by atoms with Crippen molar-refractivity contribution in [2.24, 2.45) is 0 Å². The Balaban J connectivity index is 1.80. The molecule has 0 amide bonds. The van der Waals surface area contributed by atoms with Crippen LogP contribution in [0.3, 0.4) is 0 Å². The summed E-state index contributed by atoms with van der Waals surface area (Å²) in [6.45, 7) is 0.604. The van der Waals surface area contributed by atoms with Gasteiger partial charge in [0.25, 0.3) is 0 Å². The molecule has 20 heavy (non-hydrogen) atoms. The molecule has 0 fully saturated rings. The second-order valence-corrected chi connectivity index (χ2v) is 5.12. The van der Waals surface area contributed by atoms with Crippen LogP contribution in [0.4, 0.5) is 10.2 Å². The standard InChI is InChI=1S/C13H12BrFN4S/c14-11-12(17-7-6-16-11)19-13(20)18-5-4-9-2-1-3-10(15)8-9/h1-3,6-8H,4-5H2,(H2,17,18,19,20). The highest BCUT2D eigenvalue weighted by Gasteiger charge is 2.03. The van der Waals surface area contributed by atoms with Crippen LogP contribution < -0.4 is 10.6 Å². The monoisotopic (exact) mass is 354 g/mol. The summed E-state index contributed by atoms with van der Waals surface area (Å²) in [4.78, 5) is 8.13. The molecule has 2 N–H and O–H groups in total. The van der Waals surface area contributed by atoms with Gasteiger partial charge in [-0.15, -0.1) is 0 Å². The lowest BCUT2D eigenvalue weighted by Gasteiger charge is -2.10. The average molecular weight is 355 g/mol. The lowest BCUT2D eigenvalue weighted by molar-refractivity contribution is 0.625. The third-order valence-electron chi connectivity index (χ3n) is 2.47. The molecule has 2 rings (SSSR count). The summed E-state index contributed by atoms with van der Waals surface area (Å²) >= 11 is 8.42. The molecule has 0 atom stereocenters. The molecular weight excluding hydrogens is 343 g/mol. The number of halogens is 2. The number of hydrogen-bond acceptors (Lipinski definition) is 3. The van der Waals surface area contributed by atoms with Crippen LogP contribution in [-0.2, 0) is 6.42 Å². The Morgan fingerprint density at radius 1 is 1.30 bits per heavy atom. The molecule has 0 aliphatic rings. The first-order valence-corrected chi connectivity index (χ1v) is 7.11. The second kappa shape index (κ2) is 7.25. The van der Waals surface area contributed by atoms with Crippen LogP contribution in [0, 0.1) is 5.82 Å². The van der Waals surface area contributed by atoms with Crippen LogP contribution in [0.15, 0.2) is 41.3 Å². The highest BCUT2D eigenvalue weighted by atomic mass is 79.9. The van der Waals surface area contributed by atoms with Crippen molar-refractivity contribution in [3.63, 3.8) is 0 Å². The SMILES string of the molecule is Fc1cccc(CCNC(=S)Nc2nccnc2Br)c1. The molecule has 0 aliphatic carbocycles. The van der Waals surface area contributed by atoms with Crippen molar-refractivity contribution in [1.82, 2.24) is 15.3 Å². The number of thiocarbonyl (C=S) groups is 1. The zero-order valence-corrected chi connectivity index (χ0v) is 12.8. The Morgan fingerprint density at radius 2 is 2.10 bits per heavy atom. The van der Waals surface area contributed by atoms with Crippen LogP contribution >= 0.6 is 28.1 Å². The lowest BCUT2D eigenvalue weighted by atomic mass is 10.1. The second-order valence-electron chi connectivity index (χ2n) is 3.96. The van der Waals surface area contributed by atoms with Gasteiger partial charge in [0, 0.05) is 18.9 Å². The van der Waals surface area contributed by atoms with Crippen LogP contribution in [-0.4, -0.2) is 21.6 Å². The number of nitrogens with one attached hydrogen (secondary N) is 2. The molecule has 104 valence electrons. The normalized spacial score (nSPS) is 10.1. The van der Waals surface area contributed by atoms with E-state index in [1.165, 1.54) is 12.1 Å². The summed E-state index contributed by atoms with van der Waals surface area (Å²) < 4.78 is 13.6. The Morgan fingerprint density at radius 3 is 2.85 bits per heavy atom. The molecular formula is C13H12BrFN4S. The molecule has 0 radical (unpaired) electrons. The van der Waals surface area contributed by atoms with Gasteiger partial charge in [-0.3, -0.25) is 0 Å². The van der Waals surface area contributed by atoms with E-state index in [4.69, 9.17) is 12.2 Å². The molecule has 0 unspecified atom stereocenters. The minimum atomic E-state index is -0.230. The fourth-order valence-electron chi connectivity index (χ4n) is 1.57. The van der Waals surface area contributed by atoms with Crippen LogP contribution in [0.5, 0.6) is 0 Å². The van der Waals surface area contributed by atoms with Crippen molar-refractivity contribution in [3.8, 4) is 0 Å². The summed E-state index contributed by atoms with van der Waals surface area (Å²) in [7, 11) is 0. The molecule has 2 aromatic rings. The first-order valence-electron chi connectivity index (χ1n) is 5.91. The van der Waals surface area contributed by atoms with Crippen LogP contribution in [0.2, 0.25) is 0 Å². The maximum atomic E-state index is 13.0. The smallest absolute Gasteiger partial charge is 0.172 e. The van der Waals surface area contributed by atoms with Gasteiger partial charge in [-0.2, -0.15) is 0 Å². The van der Waals surface area contributed by atoms with E-state index in [9.17, 15) is 4.39 Å². The van der Waals surface area contributed by atoms with E-state index in [2.05, 4.69) is 36.5 Å². The molecule has 0 saturated carbocycles. The summed E-state index contributed by atoms with van der Waals surface area (Å²) in [5, 5.41) is 6.42. The van der Waals surface area contributed by atoms with E-state index in [0.29, 0.717) is 28.5 Å². The molecule has 7 heteroatoms. The van der Waals surface area contributed by atoms with E-state index < -0.39 is 0 Å². The van der Waals surface area contributed by atoms with Crippen molar-refractivity contribution >= 4 is 39.1 Å². The van der Waals surface area contributed by atoms with Gasteiger partial charge in [-0.05, 0) is 52.3 Å². The predicted molar refractivity (Wildman–Crippen MR) is 84.1 cm³/mol.